The predicted octanol–water partition coefficient (Wildman–Crippen LogP) is 14.3. The minimum Gasteiger partial charge on any atom is -0.462 e. The van der Waals surface area contributed by atoms with E-state index in [4.69, 9.17) is 9.47 Å². The molecule has 0 radical (unpaired) electrons. The number of ether oxygens (including phenoxy) is 2. The standard InChI is InChI=1S/C49H82O5/c1-3-5-7-9-11-13-15-17-19-20-21-22-23-24-25-26-27-28-30-32-34-36-38-40-42-44-49(52)54-47(45-50)46-53-48(51)43-41-39-37-35-33-31-29-18-16-14-12-10-8-6-4-2/h5,7,11,13,17,19,21-22,24-25,27-28,32,34,47,50H,3-4,6,8-10,12,14-16,18,20,23,26,29-31,33,35-46H2,1-2H3/b7-5-,13-11-,19-17-,22-21-,25-24-,28-27-,34-32-. The van der Waals surface area contributed by atoms with Gasteiger partial charge in [0.25, 0.3) is 0 Å². The highest BCUT2D eigenvalue weighted by atomic mass is 16.6. The van der Waals surface area contributed by atoms with Gasteiger partial charge in [-0.05, 0) is 70.6 Å². The van der Waals surface area contributed by atoms with Crippen LogP contribution in [0.2, 0.25) is 0 Å². The third-order valence-corrected chi connectivity index (χ3v) is 9.20. The lowest BCUT2D eigenvalue weighted by Gasteiger charge is -2.15. The minimum atomic E-state index is -0.792. The maximum atomic E-state index is 12.2. The molecule has 308 valence electrons. The Balaban J connectivity index is 3.66. The second-order valence-corrected chi connectivity index (χ2v) is 14.4. The molecule has 1 N–H and O–H groups in total. The van der Waals surface area contributed by atoms with Crippen LogP contribution in [0.3, 0.4) is 0 Å². The first-order valence-electron chi connectivity index (χ1n) is 22.1. The Morgan fingerprint density at radius 1 is 0.444 bits per heavy atom. The van der Waals surface area contributed by atoms with E-state index >= 15 is 0 Å². The molecule has 0 aliphatic heterocycles. The summed E-state index contributed by atoms with van der Waals surface area (Å²) in [4.78, 5) is 24.3. The number of allylic oxidation sites excluding steroid dienone is 14. The molecule has 0 bridgehead atoms. The van der Waals surface area contributed by atoms with Crippen LogP contribution >= 0.6 is 0 Å². The quantitative estimate of drug-likeness (QED) is 0.0385. The van der Waals surface area contributed by atoms with E-state index in [0.29, 0.717) is 12.8 Å². The highest BCUT2D eigenvalue weighted by Crippen LogP contribution is 2.14. The number of carbonyl (C=O) groups is 2. The maximum Gasteiger partial charge on any atom is 0.306 e. The van der Waals surface area contributed by atoms with Gasteiger partial charge in [0.15, 0.2) is 6.10 Å². The largest absolute Gasteiger partial charge is 0.462 e. The fourth-order valence-electron chi connectivity index (χ4n) is 5.89. The molecule has 0 aromatic heterocycles. The van der Waals surface area contributed by atoms with Crippen LogP contribution < -0.4 is 0 Å². The first-order chi connectivity index (χ1) is 26.6. The van der Waals surface area contributed by atoms with Crippen molar-refractivity contribution < 1.29 is 24.2 Å². The molecule has 0 aromatic rings. The number of unbranched alkanes of at least 4 members (excludes halogenated alkanes) is 17. The van der Waals surface area contributed by atoms with Gasteiger partial charge in [0, 0.05) is 12.8 Å². The van der Waals surface area contributed by atoms with Gasteiger partial charge in [-0.2, -0.15) is 0 Å². The number of hydrogen-bond donors (Lipinski definition) is 1. The van der Waals surface area contributed by atoms with Gasteiger partial charge < -0.3 is 14.6 Å². The van der Waals surface area contributed by atoms with Crippen LogP contribution in [0.25, 0.3) is 0 Å². The zero-order chi connectivity index (χ0) is 39.3. The summed E-state index contributed by atoms with van der Waals surface area (Å²) < 4.78 is 10.6. The Bertz CT molecular complexity index is 1030. The van der Waals surface area contributed by atoms with E-state index in [1.54, 1.807) is 0 Å². The van der Waals surface area contributed by atoms with Crippen molar-refractivity contribution in [2.75, 3.05) is 13.2 Å². The molecule has 1 unspecified atom stereocenters. The van der Waals surface area contributed by atoms with E-state index in [1.807, 2.05) is 0 Å². The number of aliphatic hydroxyl groups is 1. The SMILES string of the molecule is CC/C=C\C/C=C\C/C=C\C/C=C\C/C=C\C/C=C\C/C=C\CCCCCC(=O)OC(CO)COC(=O)CCCCCCCCCCCCCCCCC. The highest BCUT2D eigenvalue weighted by molar-refractivity contribution is 5.70. The van der Waals surface area contributed by atoms with Gasteiger partial charge in [-0.3, -0.25) is 9.59 Å². The molecule has 5 heteroatoms. The van der Waals surface area contributed by atoms with Crippen molar-refractivity contribution in [2.45, 2.75) is 200 Å². The van der Waals surface area contributed by atoms with Crippen LogP contribution in [0, 0.1) is 0 Å². The van der Waals surface area contributed by atoms with Gasteiger partial charge >= 0.3 is 11.9 Å². The molecule has 1 atom stereocenters. The summed E-state index contributed by atoms with van der Waals surface area (Å²) in [5, 5.41) is 9.58. The van der Waals surface area contributed by atoms with E-state index < -0.39 is 6.10 Å². The molecule has 0 aromatic carbocycles. The van der Waals surface area contributed by atoms with Gasteiger partial charge in [0.1, 0.15) is 6.61 Å². The Morgan fingerprint density at radius 2 is 0.796 bits per heavy atom. The zero-order valence-electron chi connectivity index (χ0n) is 35.0. The molecule has 0 aliphatic carbocycles. The molecule has 0 aliphatic rings. The van der Waals surface area contributed by atoms with E-state index in [2.05, 4.69) is 98.9 Å². The Hall–Kier alpha value is -2.92. The fourth-order valence-corrected chi connectivity index (χ4v) is 5.89. The first kappa shape index (κ1) is 51.1. The third kappa shape index (κ3) is 41.8. The van der Waals surface area contributed by atoms with E-state index in [1.165, 1.54) is 77.0 Å². The molecule has 54 heavy (non-hydrogen) atoms. The van der Waals surface area contributed by atoms with Crippen molar-refractivity contribution in [1.82, 2.24) is 0 Å². The van der Waals surface area contributed by atoms with Crippen LogP contribution in [0.4, 0.5) is 0 Å². The van der Waals surface area contributed by atoms with Crippen molar-refractivity contribution in [3.63, 3.8) is 0 Å². The normalized spacial score (nSPS) is 13.0. The van der Waals surface area contributed by atoms with Crippen molar-refractivity contribution in [3.05, 3.63) is 85.1 Å². The molecule has 0 rings (SSSR count). The lowest BCUT2D eigenvalue weighted by Crippen LogP contribution is -2.28. The van der Waals surface area contributed by atoms with Crippen LogP contribution in [-0.2, 0) is 19.1 Å². The Labute approximate surface area is 333 Å². The molecule has 0 fully saturated rings. The van der Waals surface area contributed by atoms with Crippen LogP contribution in [0.15, 0.2) is 85.1 Å². The molecule has 0 spiro atoms. The van der Waals surface area contributed by atoms with Crippen molar-refractivity contribution >= 4 is 11.9 Å². The van der Waals surface area contributed by atoms with E-state index in [-0.39, 0.29) is 25.2 Å². The summed E-state index contributed by atoms with van der Waals surface area (Å²) in [6, 6.07) is 0. The number of aliphatic hydroxyl groups excluding tert-OH is 1. The van der Waals surface area contributed by atoms with Gasteiger partial charge in [0.05, 0.1) is 6.61 Å². The van der Waals surface area contributed by atoms with Crippen LogP contribution in [-0.4, -0.2) is 36.4 Å². The average molecular weight is 751 g/mol. The summed E-state index contributed by atoms with van der Waals surface area (Å²) in [6.07, 6.45) is 60.8. The Morgan fingerprint density at radius 3 is 1.20 bits per heavy atom. The predicted molar refractivity (Wildman–Crippen MR) is 233 cm³/mol. The minimum absolute atomic E-state index is 0.0820. The number of hydrogen-bond acceptors (Lipinski definition) is 5. The number of esters is 2. The zero-order valence-corrected chi connectivity index (χ0v) is 35.0. The number of rotatable bonds is 39. The van der Waals surface area contributed by atoms with Crippen LogP contribution in [0.5, 0.6) is 0 Å². The summed E-state index contributed by atoms with van der Waals surface area (Å²) in [6.45, 7) is 3.99. The smallest absolute Gasteiger partial charge is 0.306 e. The lowest BCUT2D eigenvalue weighted by atomic mass is 10.0. The maximum absolute atomic E-state index is 12.2. The topological polar surface area (TPSA) is 72.8 Å². The second kappa shape index (κ2) is 44.5. The highest BCUT2D eigenvalue weighted by Gasteiger charge is 2.16. The Kier molecular flexibility index (Phi) is 42.1. The number of carbonyl (C=O) groups excluding carboxylic acids is 2. The lowest BCUT2D eigenvalue weighted by molar-refractivity contribution is -0.161. The molecular formula is C49H82O5. The fraction of sp³-hybridized carbons (Fsp3) is 0.673. The van der Waals surface area contributed by atoms with Crippen molar-refractivity contribution in [3.8, 4) is 0 Å². The monoisotopic (exact) mass is 751 g/mol. The summed E-state index contributed by atoms with van der Waals surface area (Å²) in [7, 11) is 0. The second-order valence-electron chi connectivity index (χ2n) is 14.4. The summed E-state index contributed by atoms with van der Waals surface area (Å²) >= 11 is 0. The van der Waals surface area contributed by atoms with Crippen molar-refractivity contribution in [2.24, 2.45) is 0 Å². The average Bonchev–Trinajstić information content (AvgIpc) is 3.17. The molecule has 0 amide bonds. The van der Waals surface area contributed by atoms with Gasteiger partial charge in [0.2, 0.25) is 0 Å². The summed E-state index contributed by atoms with van der Waals surface area (Å²) in [5.74, 6) is -0.631. The first-order valence-corrected chi connectivity index (χ1v) is 22.1. The molecular weight excluding hydrogens is 669 g/mol. The van der Waals surface area contributed by atoms with Crippen LogP contribution in [0.1, 0.15) is 194 Å². The van der Waals surface area contributed by atoms with Crippen molar-refractivity contribution in [1.29, 1.82) is 0 Å². The van der Waals surface area contributed by atoms with Gasteiger partial charge in [-0.25, -0.2) is 0 Å². The van der Waals surface area contributed by atoms with E-state index in [0.717, 1.165) is 89.9 Å². The van der Waals surface area contributed by atoms with Gasteiger partial charge in [-0.1, -0.05) is 195 Å². The third-order valence-electron chi connectivity index (χ3n) is 9.20. The summed E-state index contributed by atoms with van der Waals surface area (Å²) in [5.41, 5.74) is 0. The molecule has 0 saturated heterocycles. The van der Waals surface area contributed by atoms with E-state index in [9.17, 15) is 14.7 Å². The molecule has 5 nitrogen and oxygen atoms in total. The molecule has 0 saturated carbocycles. The van der Waals surface area contributed by atoms with Gasteiger partial charge in [-0.15, -0.1) is 0 Å². The molecule has 0 heterocycles.